The Morgan fingerprint density at radius 3 is 2.69 bits per heavy atom. The van der Waals surface area contributed by atoms with Gasteiger partial charge >= 0.3 is 5.97 Å². The number of carboxylic acid groups (broad SMARTS) is 1. The van der Waals surface area contributed by atoms with Crippen molar-refractivity contribution in [3.8, 4) is 11.5 Å². The standard InChI is InChI=1S/C16H15N5O4S/c1-25-13-7-10(6-9(14(13)22)8-18-21-16(17)26)19-20-12-5-3-2-4-11(12)15(23)24/h2-8,22H,1H3,(H,23,24)(H3,17,21,26)/b18-8+,20-19?. The van der Waals surface area contributed by atoms with E-state index < -0.39 is 5.97 Å². The normalized spacial score (nSPS) is 11.0. The number of thiocarbonyl (C=S) groups is 1. The second kappa shape index (κ2) is 8.53. The van der Waals surface area contributed by atoms with E-state index in [1.54, 1.807) is 12.1 Å². The maximum absolute atomic E-state index is 11.2. The third-order valence-corrected chi connectivity index (χ3v) is 3.19. The minimum Gasteiger partial charge on any atom is -0.504 e. The number of carbonyl (C=O) groups is 1. The first-order valence-electron chi connectivity index (χ1n) is 7.16. The van der Waals surface area contributed by atoms with Crippen LogP contribution < -0.4 is 15.9 Å². The molecule has 0 heterocycles. The van der Waals surface area contributed by atoms with Crippen molar-refractivity contribution in [2.45, 2.75) is 0 Å². The highest BCUT2D eigenvalue weighted by Gasteiger charge is 2.11. The number of aromatic hydroxyl groups is 1. The summed E-state index contributed by atoms with van der Waals surface area (Å²) in [5, 5.41) is 31.0. The molecular weight excluding hydrogens is 358 g/mol. The summed E-state index contributed by atoms with van der Waals surface area (Å²) in [6, 6.07) is 9.12. The molecule has 0 aliphatic carbocycles. The molecule has 0 amide bonds. The van der Waals surface area contributed by atoms with Crippen LogP contribution in [-0.4, -0.2) is 34.6 Å². The van der Waals surface area contributed by atoms with Crippen LogP contribution in [0.25, 0.3) is 0 Å². The van der Waals surface area contributed by atoms with Crippen LogP contribution in [0.5, 0.6) is 11.5 Å². The van der Waals surface area contributed by atoms with Gasteiger partial charge in [0, 0.05) is 11.6 Å². The minimum atomic E-state index is -1.11. The molecule has 2 aromatic rings. The van der Waals surface area contributed by atoms with Crippen molar-refractivity contribution in [1.82, 2.24) is 5.43 Å². The van der Waals surface area contributed by atoms with E-state index in [0.717, 1.165) is 0 Å². The molecule has 0 unspecified atom stereocenters. The van der Waals surface area contributed by atoms with Crippen molar-refractivity contribution >= 4 is 40.9 Å². The Hall–Kier alpha value is -3.53. The molecule has 0 atom stereocenters. The fourth-order valence-electron chi connectivity index (χ4n) is 1.94. The molecule has 0 fully saturated rings. The lowest BCUT2D eigenvalue weighted by Crippen LogP contribution is -2.23. The summed E-state index contributed by atoms with van der Waals surface area (Å²) in [7, 11) is 1.38. The lowest BCUT2D eigenvalue weighted by atomic mass is 10.1. The Labute approximate surface area is 153 Å². The van der Waals surface area contributed by atoms with E-state index in [0.29, 0.717) is 5.69 Å². The van der Waals surface area contributed by atoms with Crippen molar-refractivity contribution < 1.29 is 19.7 Å². The zero-order valence-electron chi connectivity index (χ0n) is 13.6. The number of azo groups is 1. The molecule has 0 radical (unpaired) electrons. The third kappa shape index (κ3) is 4.74. The minimum absolute atomic E-state index is 0.0180. The van der Waals surface area contributed by atoms with Crippen LogP contribution >= 0.6 is 12.2 Å². The van der Waals surface area contributed by atoms with E-state index in [2.05, 4.69) is 33.0 Å². The van der Waals surface area contributed by atoms with Gasteiger partial charge in [0.15, 0.2) is 16.6 Å². The fourth-order valence-corrected chi connectivity index (χ4v) is 2.00. The Bertz CT molecular complexity index is 898. The van der Waals surface area contributed by atoms with Gasteiger partial charge in [-0.2, -0.15) is 10.2 Å². The van der Waals surface area contributed by atoms with E-state index in [9.17, 15) is 9.90 Å². The lowest BCUT2D eigenvalue weighted by molar-refractivity contribution is 0.0697. The van der Waals surface area contributed by atoms with Crippen LogP contribution in [0.3, 0.4) is 0 Å². The van der Waals surface area contributed by atoms with Gasteiger partial charge in [0.25, 0.3) is 0 Å². The zero-order valence-corrected chi connectivity index (χ0v) is 14.4. The highest BCUT2D eigenvalue weighted by Crippen LogP contribution is 2.34. The summed E-state index contributed by atoms with van der Waals surface area (Å²) in [6.45, 7) is 0. The lowest BCUT2D eigenvalue weighted by Gasteiger charge is -2.07. The molecule has 0 bridgehead atoms. The molecule has 10 heteroatoms. The Kier molecular flexibility index (Phi) is 6.17. The van der Waals surface area contributed by atoms with Crippen molar-refractivity contribution in [2.24, 2.45) is 21.1 Å². The largest absolute Gasteiger partial charge is 0.504 e. The van der Waals surface area contributed by atoms with Gasteiger partial charge in [-0.25, -0.2) is 4.79 Å². The second-order valence-corrected chi connectivity index (χ2v) is 5.28. The van der Waals surface area contributed by atoms with E-state index in [1.807, 2.05) is 0 Å². The predicted molar refractivity (Wildman–Crippen MR) is 99.8 cm³/mol. The highest BCUT2D eigenvalue weighted by molar-refractivity contribution is 7.80. The molecular formula is C16H15N5O4S. The fraction of sp³-hybridized carbons (Fsp3) is 0.0625. The van der Waals surface area contributed by atoms with Gasteiger partial charge < -0.3 is 20.7 Å². The molecule has 0 spiro atoms. The zero-order chi connectivity index (χ0) is 19.1. The van der Waals surface area contributed by atoms with Crippen LogP contribution in [0.15, 0.2) is 51.7 Å². The number of rotatable bonds is 6. The SMILES string of the molecule is COc1cc(N=Nc2ccccc2C(=O)O)cc(/C=N/NC(N)=S)c1O. The van der Waals surface area contributed by atoms with Crippen LogP contribution in [-0.2, 0) is 0 Å². The van der Waals surface area contributed by atoms with Gasteiger partial charge in [-0.05, 0) is 30.4 Å². The Balaban J connectivity index is 2.39. The van der Waals surface area contributed by atoms with Gasteiger partial charge in [0.05, 0.1) is 24.6 Å². The van der Waals surface area contributed by atoms with E-state index in [4.69, 9.17) is 15.6 Å². The maximum atomic E-state index is 11.2. The summed E-state index contributed by atoms with van der Waals surface area (Å²) in [5.41, 5.74) is 8.43. The van der Waals surface area contributed by atoms with Crippen molar-refractivity contribution in [1.29, 1.82) is 0 Å². The van der Waals surface area contributed by atoms with Crippen LogP contribution in [0.4, 0.5) is 11.4 Å². The molecule has 134 valence electrons. The molecule has 26 heavy (non-hydrogen) atoms. The Morgan fingerprint density at radius 2 is 2.04 bits per heavy atom. The molecule has 0 aliphatic heterocycles. The molecule has 2 aromatic carbocycles. The molecule has 5 N–H and O–H groups in total. The summed E-state index contributed by atoms with van der Waals surface area (Å²) >= 11 is 4.63. The number of nitrogens with one attached hydrogen (secondary N) is 1. The number of nitrogens with two attached hydrogens (primary N) is 1. The molecule has 2 rings (SSSR count). The average Bonchev–Trinajstić information content (AvgIpc) is 2.61. The van der Waals surface area contributed by atoms with Crippen molar-refractivity contribution in [3.05, 3.63) is 47.5 Å². The van der Waals surface area contributed by atoms with E-state index in [1.165, 1.54) is 37.6 Å². The molecule has 0 aromatic heterocycles. The number of hydrogen-bond acceptors (Lipinski definition) is 7. The monoisotopic (exact) mass is 373 g/mol. The number of aromatic carboxylic acids is 1. The van der Waals surface area contributed by atoms with Crippen LogP contribution in [0.2, 0.25) is 0 Å². The maximum Gasteiger partial charge on any atom is 0.337 e. The molecule has 0 aliphatic rings. The second-order valence-electron chi connectivity index (χ2n) is 4.84. The van der Waals surface area contributed by atoms with E-state index >= 15 is 0 Å². The summed E-state index contributed by atoms with van der Waals surface area (Å²) in [6.07, 6.45) is 1.28. The van der Waals surface area contributed by atoms with Gasteiger partial charge in [-0.3, -0.25) is 5.43 Å². The average molecular weight is 373 g/mol. The Morgan fingerprint density at radius 1 is 1.31 bits per heavy atom. The number of phenols is 1. The van der Waals surface area contributed by atoms with Crippen molar-refractivity contribution in [2.75, 3.05) is 7.11 Å². The van der Waals surface area contributed by atoms with Gasteiger partial charge in [0.2, 0.25) is 0 Å². The van der Waals surface area contributed by atoms with Gasteiger partial charge in [-0.15, -0.1) is 5.11 Å². The molecule has 0 saturated carbocycles. The number of nitrogens with zero attached hydrogens (tertiary/aromatic N) is 3. The number of benzene rings is 2. The number of ether oxygens (including phenoxy) is 1. The van der Waals surface area contributed by atoms with Crippen molar-refractivity contribution in [3.63, 3.8) is 0 Å². The number of phenolic OH excluding ortho intramolecular Hbond substituents is 1. The predicted octanol–water partition coefficient (Wildman–Crippen LogP) is 2.68. The summed E-state index contributed by atoms with van der Waals surface area (Å²) in [5.74, 6) is -1.13. The summed E-state index contributed by atoms with van der Waals surface area (Å²) < 4.78 is 5.09. The number of methoxy groups -OCH3 is 1. The first-order valence-corrected chi connectivity index (χ1v) is 7.56. The first kappa shape index (κ1) is 18.8. The summed E-state index contributed by atoms with van der Waals surface area (Å²) in [4.78, 5) is 11.2. The van der Waals surface area contributed by atoms with Gasteiger partial charge in [0.1, 0.15) is 5.69 Å². The topological polar surface area (TPSA) is 142 Å². The van der Waals surface area contributed by atoms with Gasteiger partial charge in [-0.1, -0.05) is 12.1 Å². The number of hydrazone groups is 1. The third-order valence-electron chi connectivity index (χ3n) is 3.10. The highest BCUT2D eigenvalue weighted by atomic mass is 32.1. The molecule has 9 nitrogen and oxygen atoms in total. The van der Waals surface area contributed by atoms with Crippen LogP contribution in [0.1, 0.15) is 15.9 Å². The number of carboxylic acids is 1. The number of hydrogen-bond donors (Lipinski definition) is 4. The van der Waals surface area contributed by atoms with Crippen LogP contribution in [0, 0.1) is 0 Å². The smallest absolute Gasteiger partial charge is 0.337 e. The quantitative estimate of drug-likeness (QED) is 0.264. The first-order chi connectivity index (χ1) is 12.4. The molecule has 0 saturated heterocycles. The van der Waals surface area contributed by atoms with E-state index in [-0.39, 0.29) is 33.4 Å².